The molecule has 0 unspecified atom stereocenters. The number of fused-ring (bicyclic) bond motifs is 1. The van der Waals surface area contributed by atoms with E-state index in [9.17, 15) is 4.39 Å². The molecule has 1 heterocycles. The third-order valence-corrected chi connectivity index (χ3v) is 4.53. The molecule has 1 aliphatic rings. The number of thiophene rings is 1. The Hall–Kier alpha value is -0.930. The molecule has 1 saturated carbocycles. The van der Waals surface area contributed by atoms with E-state index in [1.807, 2.05) is 6.07 Å². The first kappa shape index (κ1) is 11.2. The number of hydrogen-bond acceptors (Lipinski definition) is 2. The summed E-state index contributed by atoms with van der Waals surface area (Å²) in [6.07, 6.45) is 2.53. The van der Waals surface area contributed by atoms with Crippen LogP contribution in [0.25, 0.3) is 10.1 Å². The average molecular weight is 249 g/mol. The smallest absolute Gasteiger partial charge is 0.141 e. The van der Waals surface area contributed by atoms with Crippen LogP contribution in [0.4, 0.5) is 4.39 Å². The number of nitrogens with one attached hydrogen (secondary N) is 1. The first-order valence-corrected chi connectivity index (χ1v) is 7.03. The molecular weight excluding hydrogens is 233 g/mol. The number of rotatable bonds is 4. The summed E-state index contributed by atoms with van der Waals surface area (Å²) < 4.78 is 14.6. The second-order valence-electron chi connectivity index (χ2n) is 4.61. The van der Waals surface area contributed by atoms with Gasteiger partial charge in [0.05, 0.1) is 4.70 Å². The Morgan fingerprint density at radius 3 is 2.94 bits per heavy atom. The van der Waals surface area contributed by atoms with E-state index >= 15 is 0 Å². The van der Waals surface area contributed by atoms with Crippen molar-refractivity contribution in [2.24, 2.45) is 0 Å². The van der Waals surface area contributed by atoms with Crippen molar-refractivity contribution in [2.45, 2.75) is 32.2 Å². The lowest BCUT2D eigenvalue weighted by Crippen LogP contribution is -2.11. The minimum Gasteiger partial charge on any atom is -0.312 e. The number of hydrogen-bond donors (Lipinski definition) is 1. The van der Waals surface area contributed by atoms with Crippen molar-refractivity contribution in [3.8, 4) is 0 Å². The zero-order valence-electron chi connectivity index (χ0n) is 9.92. The van der Waals surface area contributed by atoms with Gasteiger partial charge in [-0.3, -0.25) is 0 Å². The van der Waals surface area contributed by atoms with Crippen molar-refractivity contribution in [3.63, 3.8) is 0 Å². The molecule has 0 saturated heterocycles. The summed E-state index contributed by atoms with van der Waals surface area (Å²) in [7, 11) is 0. The van der Waals surface area contributed by atoms with Crippen LogP contribution in [0.3, 0.4) is 0 Å². The SMILES string of the molecule is CCNCc1sc2c(F)cccc2c1C1CC1. The molecule has 90 valence electrons. The van der Waals surface area contributed by atoms with Gasteiger partial charge in [-0.05, 0) is 42.3 Å². The van der Waals surface area contributed by atoms with E-state index in [-0.39, 0.29) is 5.82 Å². The second kappa shape index (κ2) is 4.39. The van der Waals surface area contributed by atoms with Crippen molar-refractivity contribution in [2.75, 3.05) is 6.54 Å². The molecule has 0 radical (unpaired) electrons. The summed E-state index contributed by atoms with van der Waals surface area (Å²) in [6.45, 7) is 3.94. The molecule has 0 aliphatic heterocycles. The molecule has 3 rings (SSSR count). The van der Waals surface area contributed by atoms with Gasteiger partial charge in [-0.25, -0.2) is 4.39 Å². The number of benzene rings is 1. The Labute approximate surface area is 105 Å². The van der Waals surface area contributed by atoms with Crippen LogP contribution in [-0.4, -0.2) is 6.54 Å². The van der Waals surface area contributed by atoms with Crippen molar-refractivity contribution >= 4 is 21.4 Å². The van der Waals surface area contributed by atoms with Crippen molar-refractivity contribution in [3.05, 3.63) is 34.5 Å². The largest absolute Gasteiger partial charge is 0.312 e. The van der Waals surface area contributed by atoms with Crippen LogP contribution in [0.15, 0.2) is 18.2 Å². The van der Waals surface area contributed by atoms with Gasteiger partial charge in [0.25, 0.3) is 0 Å². The summed E-state index contributed by atoms with van der Waals surface area (Å²) in [5.41, 5.74) is 1.41. The van der Waals surface area contributed by atoms with Crippen LogP contribution in [-0.2, 0) is 6.54 Å². The molecule has 1 aromatic heterocycles. The zero-order valence-corrected chi connectivity index (χ0v) is 10.7. The molecule has 1 aromatic carbocycles. The average Bonchev–Trinajstić information content (AvgIpc) is 3.09. The van der Waals surface area contributed by atoms with Crippen LogP contribution in [0.1, 0.15) is 36.1 Å². The Morgan fingerprint density at radius 1 is 1.41 bits per heavy atom. The minimum absolute atomic E-state index is 0.0721. The van der Waals surface area contributed by atoms with Gasteiger partial charge in [-0.2, -0.15) is 0 Å². The zero-order chi connectivity index (χ0) is 11.8. The molecule has 0 amide bonds. The topological polar surface area (TPSA) is 12.0 Å². The lowest BCUT2D eigenvalue weighted by Gasteiger charge is -2.03. The van der Waals surface area contributed by atoms with E-state index in [1.165, 1.54) is 23.3 Å². The van der Waals surface area contributed by atoms with E-state index < -0.39 is 0 Å². The van der Waals surface area contributed by atoms with Gasteiger partial charge in [0.15, 0.2) is 0 Å². The van der Waals surface area contributed by atoms with E-state index in [0.29, 0.717) is 5.92 Å². The van der Waals surface area contributed by atoms with E-state index in [2.05, 4.69) is 18.3 Å². The highest BCUT2D eigenvalue weighted by atomic mass is 32.1. The highest BCUT2D eigenvalue weighted by molar-refractivity contribution is 7.19. The fourth-order valence-electron chi connectivity index (χ4n) is 2.34. The molecule has 0 atom stereocenters. The molecule has 0 spiro atoms. The molecule has 1 fully saturated rings. The fourth-order valence-corrected chi connectivity index (χ4v) is 3.60. The Balaban J connectivity index is 2.12. The minimum atomic E-state index is -0.0721. The van der Waals surface area contributed by atoms with Crippen LogP contribution < -0.4 is 5.32 Å². The summed E-state index contributed by atoms with van der Waals surface area (Å²) in [4.78, 5) is 1.33. The van der Waals surface area contributed by atoms with Gasteiger partial charge in [-0.15, -0.1) is 11.3 Å². The Kier molecular flexibility index (Phi) is 2.89. The lowest BCUT2D eigenvalue weighted by molar-refractivity contribution is 0.641. The summed E-state index contributed by atoms with van der Waals surface area (Å²) in [5, 5.41) is 4.50. The van der Waals surface area contributed by atoms with Gasteiger partial charge in [0, 0.05) is 11.4 Å². The van der Waals surface area contributed by atoms with Gasteiger partial charge in [0.2, 0.25) is 0 Å². The van der Waals surface area contributed by atoms with Crippen LogP contribution >= 0.6 is 11.3 Å². The fraction of sp³-hybridized carbons (Fsp3) is 0.429. The van der Waals surface area contributed by atoms with Crippen LogP contribution in [0.2, 0.25) is 0 Å². The molecule has 0 bridgehead atoms. The van der Waals surface area contributed by atoms with Crippen molar-refractivity contribution < 1.29 is 4.39 Å². The quantitative estimate of drug-likeness (QED) is 0.862. The molecule has 1 aliphatic carbocycles. The first-order chi connectivity index (χ1) is 8.31. The van der Waals surface area contributed by atoms with Crippen LogP contribution in [0.5, 0.6) is 0 Å². The maximum atomic E-state index is 13.8. The Bertz CT molecular complexity index is 542. The normalized spacial score (nSPS) is 15.6. The molecule has 1 N–H and O–H groups in total. The summed E-state index contributed by atoms with van der Waals surface area (Å²) >= 11 is 1.62. The molecule has 1 nitrogen and oxygen atoms in total. The predicted molar refractivity (Wildman–Crippen MR) is 71.1 cm³/mol. The second-order valence-corrected chi connectivity index (χ2v) is 5.72. The van der Waals surface area contributed by atoms with E-state index in [4.69, 9.17) is 0 Å². The van der Waals surface area contributed by atoms with Crippen LogP contribution in [0, 0.1) is 5.82 Å². The highest BCUT2D eigenvalue weighted by Crippen LogP contribution is 2.48. The lowest BCUT2D eigenvalue weighted by atomic mass is 10.1. The van der Waals surface area contributed by atoms with Gasteiger partial charge >= 0.3 is 0 Å². The third-order valence-electron chi connectivity index (χ3n) is 3.30. The van der Waals surface area contributed by atoms with Crippen molar-refractivity contribution in [1.29, 1.82) is 0 Å². The number of halogens is 1. The first-order valence-electron chi connectivity index (χ1n) is 6.21. The van der Waals surface area contributed by atoms with E-state index in [0.717, 1.165) is 23.2 Å². The maximum Gasteiger partial charge on any atom is 0.141 e. The van der Waals surface area contributed by atoms with E-state index in [1.54, 1.807) is 17.4 Å². The molecule has 3 heteroatoms. The summed E-state index contributed by atoms with van der Waals surface area (Å²) in [5.74, 6) is 0.608. The van der Waals surface area contributed by atoms with Gasteiger partial charge < -0.3 is 5.32 Å². The van der Waals surface area contributed by atoms with Gasteiger partial charge in [0.1, 0.15) is 5.82 Å². The molecule has 17 heavy (non-hydrogen) atoms. The Morgan fingerprint density at radius 2 is 2.24 bits per heavy atom. The summed E-state index contributed by atoms with van der Waals surface area (Å²) in [6, 6.07) is 5.46. The molecular formula is C14H16FNS. The van der Waals surface area contributed by atoms with Gasteiger partial charge in [-0.1, -0.05) is 19.1 Å². The third kappa shape index (κ3) is 1.98. The monoisotopic (exact) mass is 249 g/mol. The highest BCUT2D eigenvalue weighted by Gasteiger charge is 2.29. The maximum absolute atomic E-state index is 13.8. The molecule has 2 aromatic rings. The van der Waals surface area contributed by atoms with Crippen molar-refractivity contribution in [1.82, 2.24) is 5.32 Å². The standard InChI is InChI=1S/C14H16FNS/c1-2-16-8-12-13(9-6-7-9)10-4-3-5-11(15)14(10)17-12/h3-5,9,16H,2,6-8H2,1H3. The predicted octanol–water partition coefficient (Wildman–Crippen LogP) is 4.03.